The van der Waals surface area contributed by atoms with Crippen molar-refractivity contribution in [2.75, 3.05) is 23.3 Å². The van der Waals surface area contributed by atoms with Crippen LogP contribution in [-0.4, -0.2) is 34.7 Å². The summed E-state index contributed by atoms with van der Waals surface area (Å²) in [6.45, 7) is 3.46. The first-order valence-corrected chi connectivity index (χ1v) is 8.13. The Hall–Kier alpha value is -2.76. The van der Waals surface area contributed by atoms with Gasteiger partial charge in [0.15, 0.2) is 5.78 Å². The maximum atomic E-state index is 12.3. The second-order valence-corrected chi connectivity index (χ2v) is 5.90. The fraction of sp³-hybridized carbons (Fsp3) is 0.333. The number of piperidine rings is 1. The summed E-state index contributed by atoms with van der Waals surface area (Å²) in [6, 6.07) is 6.83. The summed E-state index contributed by atoms with van der Waals surface area (Å²) >= 11 is 0. The van der Waals surface area contributed by atoms with Crippen molar-refractivity contribution < 1.29 is 9.59 Å². The van der Waals surface area contributed by atoms with Crippen LogP contribution in [0.5, 0.6) is 0 Å². The predicted molar refractivity (Wildman–Crippen MR) is 92.5 cm³/mol. The van der Waals surface area contributed by atoms with Gasteiger partial charge in [-0.25, -0.2) is 9.97 Å². The van der Waals surface area contributed by atoms with Crippen molar-refractivity contribution in [1.82, 2.24) is 9.97 Å². The second kappa shape index (κ2) is 7.21. The van der Waals surface area contributed by atoms with E-state index in [1.807, 2.05) is 0 Å². The molecule has 0 bridgehead atoms. The standard InChI is InChI=1S/C18H20N4O2/c1-13(23)14-6-5-7-15(10-14)21-18(24)16-11-20-17(12-19-16)22-8-3-2-4-9-22/h5-7,10-12H,2-4,8-9H2,1H3,(H,21,24). The Morgan fingerprint density at radius 1 is 1.08 bits per heavy atom. The first-order valence-electron chi connectivity index (χ1n) is 8.13. The van der Waals surface area contributed by atoms with Crippen molar-refractivity contribution in [2.45, 2.75) is 26.2 Å². The highest BCUT2D eigenvalue weighted by atomic mass is 16.2. The van der Waals surface area contributed by atoms with E-state index in [0.29, 0.717) is 11.3 Å². The van der Waals surface area contributed by atoms with Crippen LogP contribution in [0, 0.1) is 0 Å². The molecule has 0 unspecified atom stereocenters. The number of rotatable bonds is 4. The first kappa shape index (κ1) is 16.1. The lowest BCUT2D eigenvalue weighted by Gasteiger charge is -2.27. The van der Waals surface area contributed by atoms with Crippen LogP contribution in [-0.2, 0) is 0 Å². The number of Topliss-reactive ketones (excluding diaryl/α,β-unsaturated/α-hetero) is 1. The van der Waals surface area contributed by atoms with Crippen LogP contribution in [0.1, 0.15) is 47.0 Å². The van der Waals surface area contributed by atoms with Crippen molar-refractivity contribution in [3.63, 3.8) is 0 Å². The molecule has 1 fully saturated rings. The van der Waals surface area contributed by atoms with Crippen LogP contribution >= 0.6 is 0 Å². The molecule has 1 aliphatic rings. The van der Waals surface area contributed by atoms with Crippen molar-refractivity contribution in [2.24, 2.45) is 0 Å². The van der Waals surface area contributed by atoms with E-state index in [2.05, 4.69) is 20.2 Å². The van der Waals surface area contributed by atoms with Crippen molar-refractivity contribution in [3.8, 4) is 0 Å². The molecule has 2 aromatic rings. The molecule has 0 saturated carbocycles. The molecule has 6 heteroatoms. The number of nitrogens with zero attached hydrogens (tertiary/aromatic N) is 3. The number of nitrogens with one attached hydrogen (secondary N) is 1. The van der Waals surface area contributed by atoms with Gasteiger partial charge in [0, 0.05) is 24.3 Å². The molecule has 0 radical (unpaired) electrons. The van der Waals surface area contributed by atoms with E-state index in [-0.39, 0.29) is 17.4 Å². The van der Waals surface area contributed by atoms with Crippen LogP contribution in [0.4, 0.5) is 11.5 Å². The highest BCUT2D eigenvalue weighted by Crippen LogP contribution is 2.17. The van der Waals surface area contributed by atoms with Gasteiger partial charge in [-0.3, -0.25) is 9.59 Å². The van der Waals surface area contributed by atoms with Crippen molar-refractivity contribution in [3.05, 3.63) is 47.9 Å². The smallest absolute Gasteiger partial charge is 0.275 e. The number of hydrogen-bond donors (Lipinski definition) is 1. The minimum Gasteiger partial charge on any atom is -0.355 e. The zero-order valence-electron chi connectivity index (χ0n) is 13.7. The number of hydrogen-bond acceptors (Lipinski definition) is 5. The number of anilines is 2. The third kappa shape index (κ3) is 3.76. The van der Waals surface area contributed by atoms with E-state index in [0.717, 1.165) is 31.7 Å². The normalized spacial score (nSPS) is 14.3. The fourth-order valence-electron chi connectivity index (χ4n) is 2.74. The molecule has 3 rings (SSSR count). The van der Waals surface area contributed by atoms with Crippen LogP contribution in [0.25, 0.3) is 0 Å². The summed E-state index contributed by atoms with van der Waals surface area (Å²) in [4.78, 5) is 34.4. The Kier molecular flexibility index (Phi) is 4.84. The summed E-state index contributed by atoms with van der Waals surface area (Å²) in [6.07, 6.45) is 6.72. The van der Waals surface area contributed by atoms with Gasteiger partial charge in [0.1, 0.15) is 11.5 Å². The number of aromatic nitrogens is 2. The molecular formula is C18H20N4O2. The SMILES string of the molecule is CC(=O)c1cccc(NC(=O)c2cnc(N3CCCCC3)cn2)c1. The molecule has 24 heavy (non-hydrogen) atoms. The maximum Gasteiger partial charge on any atom is 0.275 e. The summed E-state index contributed by atoms with van der Waals surface area (Å²) < 4.78 is 0. The van der Waals surface area contributed by atoms with E-state index in [4.69, 9.17) is 0 Å². The van der Waals surface area contributed by atoms with Gasteiger partial charge in [0.2, 0.25) is 0 Å². The number of ketones is 1. The second-order valence-electron chi connectivity index (χ2n) is 5.90. The van der Waals surface area contributed by atoms with Gasteiger partial charge in [-0.15, -0.1) is 0 Å². The number of carbonyl (C=O) groups is 2. The Morgan fingerprint density at radius 2 is 1.88 bits per heavy atom. The highest BCUT2D eigenvalue weighted by Gasteiger charge is 2.14. The molecule has 124 valence electrons. The van der Waals surface area contributed by atoms with Crippen LogP contribution in [0.3, 0.4) is 0 Å². The van der Waals surface area contributed by atoms with Gasteiger partial charge >= 0.3 is 0 Å². The molecule has 1 saturated heterocycles. The Labute approximate surface area is 140 Å². The lowest BCUT2D eigenvalue weighted by molar-refractivity contribution is 0.100. The number of benzene rings is 1. The maximum absolute atomic E-state index is 12.3. The van der Waals surface area contributed by atoms with Gasteiger partial charge in [-0.05, 0) is 38.3 Å². The minimum absolute atomic E-state index is 0.0447. The topological polar surface area (TPSA) is 75.2 Å². The van der Waals surface area contributed by atoms with Crippen molar-refractivity contribution in [1.29, 1.82) is 0 Å². The lowest BCUT2D eigenvalue weighted by atomic mass is 10.1. The fourth-order valence-corrected chi connectivity index (χ4v) is 2.74. The van der Waals surface area contributed by atoms with Gasteiger partial charge in [0.25, 0.3) is 5.91 Å². The number of amides is 1. The van der Waals surface area contributed by atoms with Crippen LogP contribution in [0.15, 0.2) is 36.7 Å². The van der Waals surface area contributed by atoms with E-state index >= 15 is 0 Å². The highest BCUT2D eigenvalue weighted by molar-refractivity contribution is 6.03. The Bertz CT molecular complexity index is 737. The first-order chi connectivity index (χ1) is 11.6. The molecular weight excluding hydrogens is 304 g/mol. The van der Waals surface area contributed by atoms with Crippen LogP contribution in [0.2, 0.25) is 0 Å². The summed E-state index contributed by atoms with van der Waals surface area (Å²) in [5, 5.41) is 2.75. The molecule has 1 aromatic carbocycles. The molecule has 1 amide bonds. The van der Waals surface area contributed by atoms with E-state index < -0.39 is 0 Å². The van der Waals surface area contributed by atoms with Crippen LogP contribution < -0.4 is 10.2 Å². The molecule has 0 aliphatic carbocycles. The Morgan fingerprint density at radius 3 is 2.54 bits per heavy atom. The molecule has 1 N–H and O–H groups in total. The van der Waals surface area contributed by atoms with E-state index in [1.54, 1.807) is 30.5 Å². The Balaban J connectivity index is 1.68. The minimum atomic E-state index is -0.339. The summed E-state index contributed by atoms with van der Waals surface area (Å²) in [7, 11) is 0. The molecule has 2 heterocycles. The van der Waals surface area contributed by atoms with Gasteiger partial charge in [-0.2, -0.15) is 0 Å². The van der Waals surface area contributed by atoms with Gasteiger partial charge in [0.05, 0.1) is 12.4 Å². The third-order valence-corrected chi connectivity index (χ3v) is 4.08. The summed E-state index contributed by atoms with van der Waals surface area (Å²) in [5.74, 6) is 0.426. The molecule has 0 atom stereocenters. The largest absolute Gasteiger partial charge is 0.355 e. The average Bonchev–Trinajstić information content (AvgIpc) is 2.63. The van der Waals surface area contributed by atoms with Crippen molar-refractivity contribution >= 4 is 23.2 Å². The van der Waals surface area contributed by atoms with Gasteiger partial charge < -0.3 is 10.2 Å². The molecule has 1 aliphatic heterocycles. The third-order valence-electron chi connectivity index (χ3n) is 4.08. The van der Waals surface area contributed by atoms with Gasteiger partial charge in [-0.1, -0.05) is 12.1 Å². The summed E-state index contributed by atoms with van der Waals surface area (Å²) in [5.41, 5.74) is 1.37. The van der Waals surface area contributed by atoms with E-state index in [9.17, 15) is 9.59 Å². The zero-order chi connectivity index (χ0) is 16.9. The molecule has 1 aromatic heterocycles. The monoisotopic (exact) mass is 324 g/mol. The molecule has 0 spiro atoms. The lowest BCUT2D eigenvalue weighted by Crippen LogP contribution is -2.30. The zero-order valence-corrected chi connectivity index (χ0v) is 13.7. The molecule has 6 nitrogen and oxygen atoms in total. The van der Waals surface area contributed by atoms with E-state index in [1.165, 1.54) is 19.5 Å². The quantitative estimate of drug-likeness (QED) is 0.875. The number of carbonyl (C=O) groups excluding carboxylic acids is 2. The average molecular weight is 324 g/mol. The predicted octanol–water partition coefficient (Wildman–Crippen LogP) is 2.92.